The van der Waals surface area contributed by atoms with Gasteiger partial charge in [0.05, 0.1) is 0 Å². The van der Waals surface area contributed by atoms with Gasteiger partial charge in [0.25, 0.3) is 0 Å². The number of hydrogen-bond donors (Lipinski definition) is 2. The molecule has 1 aliphatic heterocycles. The SMILES string of the molecule is CN1CCCC(Nc2cccc(Br)c2)(C(=O)O)CC1. The maximum absolute atomic E-state index is 11.7. The van der Waals surface area contributed by atoms with Crippen molar-refractivity contribution in [3.63, 3.8) is 0 Å². The van der Waals surface area contributed by atoms with Gasteiger partial charge in [0, 0.05) is 16.7 Å². The minimum atomic E-state index is -0.856. The van der Waals surface area contributed by atoms with Gasteiger partial charge in [-0.2, -0.15) is 0 Å². The van der Waals surface area contributed by atoms with Crippen molar-refractivity contribution in [3.05, 3.63) is 28.7 Å². The summed E-state index contributed by atoms with van der Waals surface area (Å²) in [4.78, 5) is 13.9. The number of carboxylic acid groups (broad SMARTS) is 1. The van der Waals surface area contributed by atoms with Crippen LogP contribution in [0, 0.1) is 0 Å². The molecule has 1 aromatic carbocycles. The molecule has 0 spiro atoms. The van der Waals surface area contributed by atoms with Crippen LogP contribution >= 0.6 is 15.9 Å². The number of carboxylic acids is 1. The number of benzene rings is 1. The first-order valence-electron chi connectivity index (χ1n) is 6.47. The number of likely N-dealkylation sites (tertiary alicyclic amines) is 1. The molecule has 1 aromatic rings. The van der Waals surface area contributed by atoms with Crippen molar-refractivity contribution >= 4 is 27.6 Å². The van der Waals surface area contributed by atoms with Crippen LogP contribution in [0.5, 0.6) is 0 Å². The molecule has 2 rings (SSSR count). The Morgan fingerprint density at radius 1 is 1.42 bits per heavy atom. The fraction of sp³-hybridized carbons (Fsp3) is 0.500. The zero-order chi connectivity index (χ0) is 13.9. The van der Waals surface area contributed by atoms with Gasteiger partial charge in [-0.1, -0.05) is 22.0 Å². The summed E-state index contributed by atoms with van der Waals surface area (Å²) in [5.41, 5.74) is -0.00715. The molecule has 19 heavy (non-hydrogen) atoms. The molecule has 2 N–H and O–H groups in total. The zero-order valence-electron chi connectivity index (χ0n) is 11.0. The number of halogens is 1. The Hall–Kier alpha value is -1.07. The van der Waals surface area contributed by atoms with Crippen molar-refractivity contribution < 1.29 is 9.90 Å². The highest BCUT2D eigenvalue weighted by atomic mass is 79.9. The summed E-state index contributed by atoms with van der Waals surface area (Å²) in [5, 5.41) is 12.9. The predicted octanol–water partition coefficient (Wildman–Crippen LogP) is 2.80. The van der Waals surface area contributed by atoms with E-state index in [0.717, 1.165) is 29.7 Å². The molecule has 0 saturated carbocycles. The van der Waals surface area contributed by atoms with E-state index in [9.17, 15) is 9.90 Å². The molecule has 1 aliphatic rings. The molecule has 1 saturated heterocycles. The van der Waals surface area contributed by atoms with Crippen molar-refractivity contribution in [2.24, 2.45) is 0 Å². The van der Waals surface area contributed by atoms with Gasteiger partial charge in [0.1, 0.15) is 5.54 Å². The number of carbonyl (C=O) groups is 1. The van der Waals surface area contributed by atoms with Crippen LogP contribution in [0.4, 0.5) is 5.69 Å². The van der Waals surface area contributed by atoms with Crippen molar-refractivity contribution in [1.29, 1.82) is 0 Å². The van der Waals surface area contributed by atoms with Crippen LogP contribution in [0.15, 0.2) is 28.7 Å². The highest BCUT2D eigenvalue weighted by Gasteiger charge is 2.39. The minimum Gasteiger partial charge on any atom is -0.480 e. The first-order chi connectivity index (χ1) is 9.02. The van der Waals surface area contributed by atoms with Crippen LogP contribution in [0.2, 0.25) is 0 Å². The van der Waals surface area contributed by atoms with E-state index >= 15 is 0 Å². The summed E-state index contributed by atoms with van der Waals surface area (Å²) in [7, 11) is 2.04. The van der Waals surface area contributed by atoms with Gasteiger partial charge in [0.15, 0.2) is 0 Å². The number of nitrogens with one attached hydrogen (secondary N) is 1. The van der Waals surface area contributed by atoms with Gasteiger partial charge in [-0.25, -0.2) is 4.79 Å². The molecular formula is C14H19BrN2O2. The Bertz CT molecular complexity index is 467. The van der Waals surface area contributed by atoms with E-state index < -0.39 is 11.5 Å². The van der Waals surface area contributed by atoms with E-state index in [1.807, 2.05) is 31.3 Å². The molecule has 4 nitrogen and oxygen atoms in total. The summed E-state index contributed by atoms with van der Waals surface area (Å²) in [6.45, 7) is 1.75. The number of nitrogens with zero attached hydrogens (tertiary/aromatic N) is 1. The molecule has 1 atom stereocenters. The standard InChI is InChI=1S/C14H19BrN2O2/c1-17-8-3-6-14(7-9-17,13(18)19)16-12-5-2-4-11(15)10-12/h2,4-5,10,16H,3,6-9H2,1H3,(H,18,19). The van der Waals surface area contributed by atoms with Crippen molar-refractivity contribution in [3.8, 4) is 0 Å². The molecule has 0 aromatic heterocycles. The average Bonchev–Trinajstić information content (AvgIpc) is 2.53. The highest BCUT2D eigenvalue weighted by molar-refractivity contribution is 9.10. The Morgan fingerprint density at radius 3 is 2.89 bits per heavy atom. The van der Waals surface area contributed by atoms with Gasteiger partial charge >= 0.3 is 5.97 Å². The Morgan fingerprint density at radius 2 is 2.21 bits per heavy atom. The van der Waals surface area contributed by atoms with Gasteiger partial charge in [0.2, 0.25) is 0 Å². The fourth-order valence-electron chi connectivity index (χ4n) is 2.50. The maximum Gasteiger partial charge on any atom is 0.329 e. The Kier molecular flexibility index (Phi) is 4.47. The van der Waals surface area contributed by atoms with Crippen LogP contribution in [0.1, 0.15) is 19.3 Å². The minimum absolute atomic E-state index is 0.616. The van der Waals surface area contributed by atoms with E-state index in [4.69, 9.17) is 0 Å². The van der Waals surface area contributed by atoms with Crippen molar-refractivity contribution in [2.75, 3.05) is 25.5 Å². The third-order valence-electron chi connectivity index (χ3n) is 3.68. The lowest BCUT2D eigenvalue weighted by Crippen LogP contribution is -2.47. The number of aliphatic carboxylic acids is 1. The molecule has 104 valence electrons. The molecule has 0 aliphatic carbocycles. The predicted molar refractivity (Wildman–Crippen MR) is 79.5 cm³/mol. The van der Waals surface area contributed by atoms with Gasteiger partial charge in [-0.3, -0.25) is 0 Å². The van der Waals surface area contributed by atoms with Crippen molar-refractivity contribution in [1.82, 2.24) is 4.90 Å². The second-order valence-corrected chi connectivity index (χ2v) is 6.10. The summed E-state index contributed by atoms with van der Waals surface area (Å²) >= 11 is 3.41. The van der Waals surface area contributed by atoms with Crippen molar-refractivity contribution in [2.45, 2.75) is 24.8 Å². The number of hydrogen-bond acceptors (Lipinski definition) is 3. The lowest BCUT2D eigenvalue weighted by molar-refractivity contribution is -0.142. The molecule has 0 amide bonds. The summed E-state index contributed by atoms with van der Waals surface area (Å²) in [6.07, 6.45) is 2.16. The monoisotopic (exact) mass is 326 g/mol. The normalized spacial score (nSPS) is 24.7. The summed E-state index contributed by atoms with van der Waals surface area (Å²) in [5.74, 6) is -0.761. The van der Waals surface area contributed by atoms with E-state index in [2.05, 4.69) is 26.1 Å². The first kappa shape index (κ1) is 14.3. The lowest BCUT2D eigenvalue weighted by atomic mass is 9.90. The molecule has 0 bridgehead atoms. The Balaban J connectivity index is 2.22. The third kappa shape index (κ3) is 3.48. The van der Waals surface area contributed by atoms with Crippen LogP contribution in [0.25, 0.3) is 0 Å². The molecule has 1 unspecified atom stereocenters. The molecule has 1 fully saturated rings. The van der Waals surface area contributed by atoms with Crippen LogP contribution < -0.4 is 5.32 Å². The molecule has 5 heteroatoms. The quantitative estimate of drug-likeness (QED) is 0.896. The van der Waals surface area contributed by atoms with Gasteiger partial charge < -0.3 is 15.3 Å². The maximum atomic E-state index is 11.7. The van der Waals surface area contributed by atoms with E-state index in [0.29, 0.717) is 12.8 Å². The average molecular weight is 327 g/mol. The van der Waals surface area contributed by atoms with Crippen LogP contribution in [0.3, 0.4) is 0 Å². The van der Waals surface area contributed by atoms with E-state index in [1.165, 1.54) is 0 Å². The zero-order valence-corrected chi connectivity index (χ0v) is 12.6. The summed E-state index contributed by atoms with van der Waals surface area (Å²) < 4.78 is 0.948. The summed E-state index contributed by atoms with van der Waals surface area (Å²) in [6, 6.07) is 7.66. The third-order valence-corrected chi connectivity index (χ3v) is 4.17. The van der Waals surface area contributed by atoms with E-state index in [1.54, 1.807) is 0 Å². The topological polar surface area (TPSA) is 52.6 Å². The molecule has 1 heterocycles. The Labute approximate surface area is 121 Å². The first-order valence-corrected chi connectivity index (χ1v) is 7.27. The second kappa shape index (κ2) is 5.92. The van der Waals surface area contributed by atoms with Gasteiger partial charge in [-0.05, 0) is 51.1 Å². The van der Waals surface area contributed by atoms with Crippen LogP contribution in [-0.2, 0) is 4.79 Å². The smallest absolute Gasteiger partial charge is 0.329 e. The highest BCUT2D eigenvalue weighted by Crippen LogP contribution is 2.28. The second-order valence-electron chi connectivity index (χ2n) is 5.18. The van der Waals surface area contributed by atoms with E-state index in [-0.39, 0.29) is 0 Å². The van der Waals surface area contributed by atoms with Crippen LogP contribution in [-0.4, -0.2) is 41.7 Å². The number of anilines is 1. The molecule has 0 radical (unpaired) electrons. The number of rotatable bonds is 3. The fourth-order valence-corrected chi connectivity index (χ4v) is 2.90. The molecular weight excluding hydrogens is 308 g/mol. The lowest BCUT2D eigenvalue weighted by Gasteiger charge is -2.30. The largest absolute Gasteiger partial charge is 0.480 e. The van der Waals surface area contributed by atoms with Gasteiger partial charge in [-0.15, -0.1) is 0 Å².